The first-order valence-electron chi connectivity index (χ1n) is 12.1. The first-order valence-corrected chi connectivity index (χ1v) is 12.1. The quantitative estimate of drug-likeness (QED) is 0.622. The van der Waals surface area contributed by atoms with E-state index in [9.17, 15) is 0 Å². The first-order chi connectivity index (χ1) is 14.6. The summed E-state index contributed by atoms with van der Waals surface area (Å²) in [7, 11) is 0. The number of hydrogen-bond acceptors (Lipinski definition) is 5. The van der Waals surface area contributed by atoms with Gasteiger partial charge in [-0.05, 0) is 94.2 Å². The van der Waals surface area contributed by atoms with Gasteiger partial charge in [0.05, 0.1) is 11.4 Å². The molecule has 7 rings (SSSR count). The number of aromatic nitrogens is 2. The molecule has 0 unspecified atom stereocenters. The predicted octanol–water partition coefficient (Wildman–Crippen LogP) is 6.17. The molecule has 5 nitrogen and oxygen atoms in total. The molecule has 1 aromatic carbocycles. The zero-order valence-electron chi connectivity index (χ0n) is 18.1. The molecular formula is C25H34N4O. The Kier molecular flexibility index (Phi) is 4.54. The molecule has 5 fully saturated rings. The maximum absolute atomic E-state index is 5.46. The van der Waals surface area contributed by atoms with Crippen LogP contribution in [-0.4, -0.2) is 21.7 Å². The van der Waals surface area contributed by atoms with Crippen molar-refractivity contribution in [2.45, 2.75) is 89.1 Å². The summed E-state index contributed by atoms with van der Waals surface area (Å²) in [4.78, 5) is 4.45. The van der Waals surface area contributed by atoms with Crippen LogP contribution in [0.4, 0.5) is 11.4 Å². The lowest BCUT2D eigenvalue weighted by atomic mass is 9.53. The van der Waals surface area contributed by atoms with Gasteiger partial charge in [0.1, 0.15) is 0 Å². The Bertz CT molecular complexity index is 878. The molecule has 1 aromatic heterocycles. The number of nitrogens with one attached hydrogen (secondary N) is 2. The van der Waals surface area contributed by atoms with E-state index >= 15 is 0 Å². The molecule has 0 amide bonds. The van der Waals surface area contributed by atoms with Crippen LogP contribution in [0.15, 0.2) is 22.7 Å². The predicted molar refractivity (Wildman–Crippen MR) is 119 cm³/mol. The molecule has 4 bridgehead atoms. The minimum atomic E-state index is 0.306. The number of hydrogen-bond donors (Lipinski definition) is 2. The van der Waals surface area contributed by atoms with Crippen molar-refractivity contribution in [3.05, 3.63) is 24.0 Å². The maximum Gasteiger partial charge on any atom is 0.257 e. The average Bonchev–Trinajstić information content (AvgIpc) is 3.15. The number of benzene rings is 1. The lowest BCUT2D eigenvalue weighted by Gasteiger charge is -2.57. The molecule has 0 atom stereocenters. The highest BCUT2D eigenvalue weighted by atomic mass is 16.5. The van der Waals surface area contributed by atoms with Crippen LogP contribution >= 0.6 is 0 Å². The van der Waals surface area contributed by atoms with Crippen molar-refractivity contribution < 1.29 is 4.52 Å². The third-order valence-corrected chi connectivity index (χ3v) is 8.20. The molecule has 5 aliphatic rings. The summed E-state index contributed by atoms with van der Waals surface area (Å²) in [5, 5.41) is 12.0. The van der Waals surface area contributed by atoms with Gasteiger partial charge in [0.2, 0.25) is 0 Å². The second-order valence-electron chi connectivity index (χ2n) is 10.7. The van der Waals surface area contributed by atoms with Crippen molar-refractivity contribution in [2.75, 3.05) is 10.6 Å². The van der Waals surface area contributed by atoms with Gasteiger partial charge in [0.15, 0.2) is 5.82 Å². The minimum absolute atomic E-state index is 0.306. The van der Waals surface area contributed by atoms with Gasteiger partial charge in [-0.3, -0.25) is 0 Å². The summed E-state index contributed by atoms with van der Waals surface area (Å²) < 4.78 is 5.46. The monoisotopic (exact) mass is 406 g/mol. The summed E-state index contributed by atoms with van der Waals surface area (Å²) in [5.41, 5.74) is 3.79. The fraction of sp³-hybridized carbons (Fsp3) is 0.680. The molecule has 5 saturated carbocycles. The molecule has 2 N–H and O–H groups in total. The minimum Gasteiger partial charge on any atom is -0.381 e. The molecule has 0 radical (unpaired) electrons. The van der Waals surface area contributed by atoms with Gasteiger partial charge in [-0.25, -0.2) is 0 Å². The van der Waals surface area contributed by atoms with Crippen LogP contribution in [0, 0.1) is 24.7 Å². The summed E-state index contributed by atoms with van der Waals surface area (Å²) in [6.07, 6.45) is 15.1. The number of anilines is 2. The van der Waals surface area contributed by atoms with Crippen molar-refractivity contribution in [1.29, 1.82) is 0 Å². The van der Waals surface area contributed by atoms with Crippen LogP contribution in [0.5, 0.6) is 0 Å². The zero-order valence-corrected chi connectivity index (χ0v) is 18.1. The van der Waals surface area contributed by atoms with Crippen LogP contribution in [0.1, 0.15) is 76.5 Å². The van der Waals surface area contributed by atoms with E-state index in [1.165, 1.54) is 82.0 Å². The van der Waals surface area contributed by atoms with E-state index in [1.807, 2.05) is 6.92 Å². The Hall–Kier alpha value is -2.04. The van der Waals surface area contributed by atoms with E-state index < -0.39 is 0 Å². The fourth-order valence-electron chi connectivity index (χ4n) is 7.34. The normalized spacial score (nSPS) is 33.0. The van der Waals surface area contributed by atoms with E-state index in [-0.39, 0.29) is 0 Å². The Morgan fingerprint density at radius 3 is 2.27 bits per heavy atom. The van der Waals surface area contributed by atoms with Crippen LogP contribution in [0.3, 0.4) is 0 Å². The van der Waals surface area contributed by atoms with E-state index in [4.69, 9.17) is 4.52 Å². The molecule has 2 aromatic rings. The van der Waals surface area contributed by atoms with Crippen molar-refractivity contribution in [1.82, 2.24) is 10.1 Å². The molecule has 0 spiro atoms. The van der Waals surface area contributed by atoms with E-state index in [2.05, 4.69) is 39.0 Å². The van der Waals surface area contributed by atoms with Crippen LogP contribution in [-0.2, 0) is 0 Å². The summed E-state index contributed by atoms with van der Waals surface area (Å²) in [6.45, 7) is 1.87. The molecule has 160 valence electrons. The summed E-state index contributed by atoms with van der Waals surface area (Å²) >= 11 is 0. The summed E-state index contributed by atoms with van der Waals surface area (Å²) in [5.74, 6) is 4.13. The third kappa shape index (κ3) is 3.50. The largest absolute Gasteiger partial charge is 0.381 e. The van der Waals surface area contributed by atoms with Crippen LogP contribution < -0.4 is 10.6 Å². The Morgan fingerprint density at radius 2 is 1.63 bits per heavy atom. The highest BCUT2D eigenvalue weighted by Gasteiger charge is 2.51. The standard InChI is InChI=1S/C25H34N4O/c1-16-26-24(30-29-16)20-7-8-22(23(12-20)27-21-5-3-2-4-6-21)28-25-13-17-9-18(14-25)11-19(10-17)15-25/h7-8,12,17-19,21,27-28H,2-6,9-11,13-15H2,1H3. The number of nitrogens with zero attached hydrogens (tertiary/aromatic N) is 2. The van der Waals surface area contributed by atoms with Crippen molar-refractivity contribution >= 4 is 11.4 Å². The van der Waals surface area contributed by atoms with E-state index in [0.717, 1.165) is 23.3 Å². The number of rotatable bonds is 5. The van der Waals surface area contributed by atoms with E-state index in [1.54, 1.807) is 0 Å². The van der Waals surface area contributed by atoms with Gasteiger partial charge in [0.25, 0.3) is 5.89 Å². The highest BCUT2D eigenvalue weighted by Crippen LogP contribution is 2.57. The van der Waals surface area contributed by atoms with Crippen molar-refractivity contribution in [3.63, 3.8) is 0 Å². The topological polar surface area (TPSA) is 63.0 Å². The van der Waals surface area contributed by atoms with Gasteiger partial charge >= 0.3 is 0 Å². The zero-order chi connectivity index (χ0) is 20.1. The molecule has 5 aliphatic carbocycles. The SMILES string of the molecule is Cc1noc(-c2ccc(NC34CC5CC(CC(C5)C3)C4)c(NC3CCCCC3)c2)n1. The average molecular weight is 407 g/mol. The second-order valence-corrected chi connectivity index (χ2v) is 10.7. The molecule has 1 heterocycles. The Morgan fingerprint density at radius 1 is 0.933 bits per heavy atom. The maximum atomic E-state index is 5.46. The lowest BCUT2D eigenvalue weighted by molar-refractivity contribution is 0.0107. The molecule has 30 heavy (non-hydrogen) atoms. The Labute approximate surface area is 179 Å². The van der Waals surface area contributed by atoms with Gasteiger partial charge in [-0.1, -0.05) is 24.4 Å². The van der Waals surface area contributed by atoms with Gasteiger partial charge < -0.3 is 15.2 Å². The van der Waals surface area contributed by atoms with Gasteiger partial charge in [-0.2, -0.15) is 4.98 Å². The first kappa shape index (κ1) is 18.7. The second kappa shape index (κ2) is 7.28. The smallest absolute Gasteiger partial charge is 0.257 e. The highest BCUT2D eigenvalue weighted by molar-refractivity contribution is 5.76. The van der Waals surface area contributed by atoms with Crippen LogP contribution in [0.2, 0.25) is 0 Å². The Balaban J connectivity index is 1.31. The third-order valence-electron chi connectivity index (χ3n) is 8.20. The van der Waals surface area contributed by atoms with Crippen molar-refractivity contribution in [3.8, 4) is 11.5 Å². The molecular weight excluding hydrogens is 372 g/mol. The van der Waals surface area contributed by atoms with E-state index in [0.29, 0.717) is 23.3 Å². The van der Waals surface area contributed by atoms with Crippen LogP contribution in [0.25, 0.3) is 11.5 Å². The fourth-order valence-corrected chi connectivity index (χ4v) is 7.34. The van der Waals surface area contributed by atoms with Gasteiger partial charge in [0, 0.05) is 17.1 Å². The number of aryl methyl sites for hydroxylation is 1. The summed E-state index contributed by atoms with van der Waals surface area (Å²) in [6, 6.07) is 7.18. The molecule has 0 aliphatic heterocycles. The molecule has 5 heteroatoms. The lowest BCUT2D eigenvalue weighted by Crippen LogP contribution is -2.54. The van der Waals surface area contributed by atoms with Gasteiger partial charge in [-0.15, -0.1) is 0 Å². The van der Waals surface area contributed by atoms with Crippen molar-refractivity contribution in [2.24, 2.45) is 17.8 Å². The molecule has 0 saturated heterocycles.